The minimum atomic E-state index is -0.592. The smallest absolute Gasteiger partial charge is 0.309 e. The van der Waals surface area contributed by atoms with Crippen LogP contribution in [0, 0.1) is 0 Å². The number of nitrogens with one attached hydrogen (secondary N) is 2. The van der Waals surface area contributed by atoms with Crippen molar-refractivity contribution in [2.75, 3.05) is 7.05 Å². The molecule has 0 aromatic heterocycles. The first-order valence-corrected chi connectivity index (χ1v) is 3.64. The number of carbonyl (C=O) groups is 2. The zero-order chi connectivity index (χ0) is 8.85. The van der Waals surface area contributed by atoms with Crippen LogP contribution in [0.4, 0.5) is 0 Å². The molecule has 0 aliphatic heterocycles. The highest BCUT2D eigenvalue weighted by molar-refractivity contribution is 6.35. The van der Waals surface area contributed by atoms with E-state index in [0.717, 1.165) is 6.42 Å². The number of rotatable bonds is 2. The second-order valence-electron chi connectivity index (χ2n) is 2.36. The van der Waals surface area contributed by atoms with Crippen molar-refractivity contribution in [1.29, 1.82) is 0 Å². The van der Waals surface area contributed by atoms with Crippen LogP contribution in [-0.4, -0.2) is 24.9 Å². The third-order valence-corrected chi connectivity index (χ3v) is 1.42. The van der Waals surface area contributed by atoms with Crippen LogP contribution in [0.15, 0.2) is 0 Å². The molecule has 4 nitrogen and oxygen atoms in total. The van der Waals surface area contributed by atoms with Crippen molar-refractivity contribution in [2.45, 2.75) is 26.3 Å². The van der Waals surface area contributed by atoms with Gasteiger partial charge in [0, 0.05) is 13.1 Å². The predicted octanol–water partition coefficient (Wildman–Crippen LogP) is -0.353. The number of hydrogen-bond acceptors (Lipinski definition) is 2. The van der Waals surface area contributed by atoms with Crippen molar-refractivity contribution in [2.24, 2.45) is 0 Å². The normalized spacial score (nSPS) is 11.9. The van der Waals surface area contributed by atoms with Gasteiger partial charge in [0.05, 0.1) is 0 Å². The quantitative estimate of drug-likeness (QED) is 0.539. The van der Waals surface area contributed by atoms with E-state index in [0.29, 0.717) is 0 Å². The van der Waals surface area contributed by atoms with Crippen LogP contribution in [0.25, 0.3) is 0 Å². The zero-order valence-electron chi connectivity index (χ0n) is 7.10. The first-order valence-electron chi connectivity index (χ1n) is 3.64. The topological polar surface area (TPSA) is 58.2 Å². The van der Waals surface area contributed by atoms with E-state index in [9.17, 15) is 9.59 Å². The molecular formula is C7H14N2O2. The largest absolute Gasteiger partial charge is 0.351 e. The summed E-state index contributed by atoms with van der Waals surface area (Å²) in [6, 6.07) is 0.0554. The SMILES string of the molecule is CC[C@H](C)NC(=O)C(=O)NC. The third kappa shape index (κ3) is 3.60. The summed E-state index contributed by atoms with van der Waals surface area (Å²) < 4.78 is 0. The molecule has 0 unspecified atom stereocenters. The molecule has 0 heterocycles. The molecular weight excluding hydrogens is 144 g/mol. The molecule has 0 aliphatic carbocycles. The molecule has 64 valence electrons. The van der Waals surface area contributed by atoms with Gasteiger partial charge >= 0.3 is 11.8 Å². The van der Waals surface area contributed by atoms with Crippen LogP contribution in [0.2, 0.25) is 0 Å². The standard InChI is InChI=1S/C7H14N2O2/c1-4-5(2)9-7(11)6(10)8-3/h5H,4H2,1-3H3,(H,8,10)(H,9,11)/t5-/m0/s1. The maximum absolute atomic E-state index is 10.8. The molecule has 0 fully saturated rings. The van der Waals surface area contributed by atoms with E-state index in [1.807, 2.05) is 13.8 Å². The molecule has 4 heteroatoms. The van der Waals surface area contributed by atoms with Crippen molar-refractivity contribution < 1.29 is 9.59 Å². The second kappa shape index (κ2) is 4.71. The predicted molar refractivity (Wildman–Crippen MR) is 42.0 cm³/mol. The molecule has 0 aromatic rings. The number of likely N-dealkylation sites (N-methyl/N-ethyl adjacent to an activating group) is 1. The van der Waals surface area contributed by atoms with Crippen LogP contribution in [0.1, 0.15) is 20.3 Å². The Kier molecular flexibility index (Phi) is 4.26. The van der Waals surface area contributed by atoms with Gasteiger partial charge in [-0.3, -0.25) is 9.59 Å². The Morgan fingerprint density at radius 3 is 2.27 bits per heavy atom. The molecule has 1 atom stereocenters. The van der Waals surface area contributed by atoms with Crippen molar-refractivity contribution >= 4 is 11.8 Å². The van der Waals surface area contributed by atoms with Crippen molar-refractivity contribution in [3.8, 4) is 0 Å². The lowest BCUT2D eigenvalue weighted by atomic mass is 10.2. The van der Waals surface area contributed by atoms with E-state index in [-0.39, 0.29) is 6.04 Å². The monoisotopic (exact) mass is 158 g/mol. The minimum Gasteiger partial charge on any atom is -0.351 e. The Morgan fingerprint density at radius 1 is 1.36 bits per heavy atom. The molecule has 2 amide bonds. The maximum atomic E-state index is 10.8. The Hall–Kier alpha value is -1.06. The van der Waals surface area contributed by atoms with Crippen LogP contribution in [-0.2, 0) is 9.59 Å². The van der Waals surface area contributed by atoms with Gasteiger partial charge in [0.25, 0.3) is 0 Å². The number of carbonyl (C=O) groups excluding carboxylic acids is 2. The summed E-state index contributed by atoms with van der Waals surface area (Å²) in [7, 11) is 1.43. The number of hydrogen-bond donors (Lipinski definition) is 2. The van der Waals surface area contributed by atoms with Crippen molar-refractivity contribution in [3.63, 3.8) is 0 Å². The van der Waals surface area contributed by atoms with E-state index in [1.54, 1.807) is 0 Å². The Morgan fingerprint density at radius 2 is 1.91 bits per heavy atom. The van der Waals surface area contributed by atoms with Gasteiger partial charge in [0.2, 0.25) is 0 Å². The summed E-state index contributed by atoms with van der Waals surface area (Å²) in [5.41, 5.74) is 0. The lowest BCUT2D eigenvalue weighted by Crippen LogP contribution is -2.42. The highest BCUT2D eigenvalue weighted by Crippen LogP contribution is 1.86. The Bertz CT molecular complexity index is 157. The zero-order valence-corrected chi connectivity index (χ0v) is 7.10. The van der Waals surface area contributed by atoms with E-state index < -0.39 is 11.8 Å². The van der Waals surface area contributed by atoms with Gasteiger partial charge in [-0.15, -0.1) is 0 Å². The minimum absolute atomic E-state index is 0.0554. The molecule has 0 spiro atoms. The van der Waals surface area contributed by atoms with E-state index in [2.05, 4.69) is 10.6 Å². The molecule has 0 aliphatic rings. The molecule has 0 radical (unpaired) electrons. The molecule has 2 N–H and O–H groups in total. The van der Waals surface area contributed by atoms with Crippen molar-refractivity contribution in [3.05, 3.63) is 0 Å². The van der Waals surface area contributed by atoms with Crippen LogP contribution >= 0.6 is 0 Å². The Balaban J connectivity index is 3.77. The van der Waals surface area contributed by atoms with Gasteiger partial charge in [-0.1, -0.05) is 6.92 Å². The lowest BCUT2D eigenvalue weighted by Gasteiger charge is -2.09. The molecule has 0 aromatic carbocycles. The van der Waals surface area contributed by atoms with Gasteiger partial charge < -0.3 is 10.6 Å². The van der Waals surface area contributed by atoms with Gasteiger partial charge in [-0.05, 0) is 13.3 Å². The first kappa shape index (κ1) is 9.94. The average molecular weight is 158 g/mol. The summed E-state index contributed by atoms with van der Waals surface area (Å²) in [5.74, 6) is -1.16. The average Bonchev–Trinajstić information content (AvgIpc) is 2.02. The molecule has 0 bridgehead atoms. The van der Waals surface area contributed by atoms with Gasteiger partial charge in [0.1, 0.15) is 0 Å². The van der Waals surface area contributed by atoms with Gasteiger partial charge in [-0.25, -0.2) is 0 Å². The second-order valence-corrected chi connectivity index (χ2v) is 2.36. The highest BCUT2D eigenvalue weighted by Gasteiger charge is 2.12. The molecule has 0 saturated carbocycles. The van der Waals surface area contributed by atoms with E-state index in [1.165, 1.54) is 7.05 Å². The highest BCUT2D eigenvalue weighted by atomic mass is 16.2. The van der Waals surface area contributed by atoms with Crippen LogP contribution in [0.3, 0.4) is 0 Å². The first-order chi connectivity index (χ1) is 5.11. The van der Waals surface area contributed by atoms with E-state index in [4.69, 9.17) is 0 Å². The number of amides is 2. The fourth-order valence-electron chi connectivity index (χ4n) is 0.505. The van der Waals surface area contributed by atoms with Crippen LogP contribution in [0.5, 0.6) is 0 Å². The summed E-state index contributed by atoms with van der Waals surface area (Å²) in [5, 5.41) is 4.77. The summed E-state index contributed by atoms with van der Waals surface area (Å²) in [6.07, 6.45) is 0.822. The molecule has 0 saturated heterocycles. The fourth-order valence-corrected chi connectivity index (χ4v) is 0.505. The summed E-state index contributed by atoms with van der Waals surface area (Å²) >= 11 is 0. The maximum Gasteiger partial charge on any atom is 0.309 e. The van der Waals surface area contributed by atoms with Gasteiger partial charge in [-0.2, -0.15) is 0 Å². The molecule has 11 heavy (non-hydrogen) atoms. The molecule has 0 rings (SSSR count). The third-order valence-electron chi connectivity index (χ3n) is 1.42. The van der Waals surface area contributed by atoms with Crippen LogP contribution < -0.4 is 10.6 Å². The van der Waals surface area contributed by atoms with Crippen molar-refractivity contribution in [1.82, 2.24) is 10.6 Å². The Labute approximate surface area is 66.4 Å². The summed E-state index contributed by atoms with van der Waals surface area (Å²) in [6.45, 7) is 3.79. The fraction of sp³-hybridized carbons (Fsp3) is 0.714. The lowest BCUT2D eigenvalue weighted by molar-refractivity contribution is -0.139. The van der Waals surface area contributed by atoms with E-state index >= 15 is 0 Å². The van der Waals surface area contributed by atoms with Gasteiger partial charge in [0.15, 0.2) is 0 Å². The summed E-state index contributed by atoms with van der Waals surface area (Å²) in [4.78, 5) is 21.5.